The number of hydrogen-bond acceptors (Lipinski definition) is 6. The predicted octanol–water partition coefficient (Wildman–Crippen LogP) is 4.48. The Labute approximate surface area is 207 Å². The van der Waals surface area contributed by atoms with Crippen molar-refractivity contribution in [3.8, 4) is 22.9 Å². The molecular formula is C24H27ClN5O3S+. The first kappa shape index (κ1) is 24.1. The number of methoxy groups -OCH3 is 1. The summed E-state index contributed by atoms with van der Waals surface area (Å²) in [6.45, 7) is 0. The minimum absolute atomic E-state index is 0.0447. The topological polar surface area (TPSA) is 103 Å². The zero-order valence-corrected chi connectivity index (χ0v) is 20.4. The minimum Gasteiger partial charge on any atom is -0.504 e. The van der Waals surface area contributed by atoms with Gasteiger partial charge in [0.05, 0.1) is 35.8 Å². The molecule has 1 aliphatic carbocycles. The van der Waals surface area contributed by atoms with Crippen molar-refractivity contribution in [1.29, 1.82) is 0 Å². The number of ether oxygens (including phenoxy) is 1. The van der Waals surface area contributed by atoms with E-state index in [0.29, 0.717) is 22.4 Å². The normalized spacial score (nSPS) is 14.4. The molecule has 3 aromatic rings. The average Bonchev–Trinajstić information content (AvgIpc) is 3.28. The maximum atomic E-state index is 12.4. The highest BCUT2D eigenvalue weighted by Gasteiger charge is 2.30. The van der Waals surface area contributed by atoms with Gasteiger partial charge in [-0.05, 0) is 85.5 Å². The van der Waals surface area contributed by atoms with Crippen LogP contribution in [0.3, 0.4) is 0 Å². The second-order valence-corrected chi connectivity index (χ2v) is 9.42. The van der Waals surface area contributed by atoms with Crippen LogP contribution in [-0.2, 0) is 4.79 Å². The number of hydrazone groups is 1. The van der Waals surface area contributed by atoms with E-state index in [2.05, 4.69) is 25.3 Å². The molecule has 1 saturated carbocycles. The molecule has 0 bridgehead atoms. The van der Waals surface area contributed by atoms with Crippen LogP contribution in [0.15, 0.2) is 52.7 Å². The summed E-state index contributed by atoms with van der Waals surface area (Å²) in [5.74, 6) is 1.24. The summed E-state index contributed by atoms with van der Waals surface area (Å²) >= 11 is 7.45. The Kier molecular flexibility index (Phi) is 8.08. The molecule has 0 saturated heterocycles. The SMILES string of the molecule is COc1cc(/C=N/NC(=O)CSc2n[nH]c(-c3ccc(Cl)cc3)[n+]2C2CCCCC2)ccc1O. The first-order valence-electron chi connectivity index (χ1n) is 11.1. The number of benzene rings is 2. The highest BCUT2D eigenvalue weighted by atomic mass is 35.5. The van der Waals surface area contributed by atoms with Crippen LogP contribution < -0.4 is 14.7 Å². The molecule has 0 atom stereocenters. The van der Waals surface area contributed by atoms with Gasteiger partial charge in [0.15, 0.2) is 11.5 Å². The van der Waals surface area contributed by atoms with Crippen LogP contribution in [0.1, 0.15) is 43.7 Å². The Morgan fingerprint density at radius 1 is 1.29 bits per heavy atom. The lowest BCUT2D eigenvalue weighted by molar-refractivity contribution is -0.749. The third-order valence-corrected chi connectivity index (χ3v) is 6.91. The fourth-order valence-electron chi connectivity index (χ4n) is 4.01. The number of halogens is 1. The van der Waals surface area contributed by atoms with E-state index in [9.17, 15) is 9.90 Å². The Balaban J connectivity index is 1.43. The van der Waals surface area contributed by atoms with Crippen LogP contribution in [0, 0.1) is 0 Å². The molecule has 1 fully saturated rings. The number of carbonyl (C=O) groups is 1. The molecule has 2 aromatic carbocycles. The molecule has 1 amide bonds. The number of nitrogens with one attached hydrogen (secondary N) is 2. The van der Waals surface area contributed by atoms with Crippen LogP contribution >= 0.6 is 23.4 Å². The Morgan fingerprint density at radius 2 is 2.06 bits per heavy atom. The number of carbonyl (C=O) groups excluding carboxylic acids is 1. The lowest BCUT2D eigenvalue weighted by Gasteiger charge is -2.21. The molecule has 1 aromatic heterocycles. The Hall–Kier alpha value is -3.04. The number of aromatic hydroxyl groups is 1. The van der Waals surface area contributed by atoms with Gasteiger partial charge >= 0.3 is 5.16 Å². The van der Waals surface area contributed by atoms with Gasteiger partial charge in [0.1, 0.15) is 0 Å². The highest BCUT2D eigenvalue weighted by Crippen LogP contribution is 2.29. The van der Waals surface area contributed by atoms with Crippen molar-refractivity contribution in [2.24, 2.45) is 5.10 Å². The molecular weight excluding hydrogens is 474 g/mol. The maximum absolute atomic E-state index is 12.4. The molecule has 0 radical (unpaired) electrons. The summed E-state index contributed by atoms with van der Waals surface area (Å²) in [7, 11) is 1.47. The van der Waals surface area contributed by atoms with E-state index in [-0.39, 0.29) is 17.4 Å². The van der Waals surface area contributed by atoms with Crippen LogP contribution in [0.2, 0.25) is 5.02 Å². The van der Waals surface area contributed by atoms with Crippen molar-refractivity contribution in [3.63, 3.8) is 0 Å². The van der Waals surface area contributed by atoms with Crippen molar-refractivity contribution in [3.05, 3.63) is 53.1 Å². The van der Waals surface area contributed by atoms with Crippen LogP contribution in [0.5, 0.6) is 11.5 Å². The number of nitrogens with zero attached hydrogens (tertiary/aromatic N) is 3. The summed E-state index contributed by atoms with van der Waals surface area (Å²) in [5.41, 5.74) is 4.24. The summed E-state index contributed by atoms with van der Waals surface area (Å²) in [6, 6.07) is 12.8. The Bertz CT molecular complexity index is 1160. The quantitative estimate of drug-likeness (QED) is 0.183. The second kappa shape index (κ2) is 11.4. The molecule has 34 heavy (non-hydrogen) atoms. The average molecular weight is 501 g/mol. The van der Waals surface area contributed by atoms with Crippen LogP contribution in [0.4, 0.5) is 0 Å². The maximum Gasteiger partial charge on any atom is 0.337 e. The first-order chi connectivity index (χ1) is 16.5. The molecule has 0 unspecified atom stereocenters. The fraction of sp³-hybridized carbons (Fsp3) is 0.333. The van der Waals surface area contributed by atoms with Gasteiger partial charge in [-0.2, -0.15) is 5.10 Å². The smallest absolute Gasteiger partial charge is 0.337 e. The molecule has 0 aliphatic heterocycles. The summed E-state index contributed by atoms with van der Waals surface area (Å²) in [5, 5.41) is 22.8. The number of phenolic OH excluding ortho intramolecular Hbond substituents is 1. The third-order valence-electron chi connectivity index (χ3n) is 5.70. The fourth-order valence-corrected chi connectivity index (χ4v) is 4.95. The number of hydrogen-bond donors (Lipinski definition) is 3. The van der Waals surface area contributed by atoms with Crippen molar-refractivity contribution in [1.82, 2.24) is 15.6 Å². The number of H-pyrrole nitrogens is 1. The van der Waals surface area contributed by atoms with Crippen molar-refractivity contribution >= 4 is 35.5 Å². The van der Waals surface area contributed by atoms with Gasteiger partial charge in [0.25, 0.3) is 11.7 Å². The monoisotopic (exact) mass is 500 g/mol. The molecule has 178 valence electrons. The van der Waals surface area contributed by atoms with Gasteiger partial charge in [-0.1, -0.05) is 18.0 Å². The Morgan fingerprint density at radius 3 is 2.79 bits per heavy atom. The lowest BCUT2D eigenvalue weighted by Crippen LogP contribution is -2.43. The van der Waals surface area contributed by atoms with E-state index >= 15 is 0 Å². The summed E-state index contributed by atoms with van der Waals surface area (Å²) < 4.78 is 7.31. The van der Waals surface area contributed by atoms with Crippen molar-refractivity contribution < 1.29 is 19.2 Å². The molecule has 1 aliphatic rings. The van der Waals surface area contributed by atoms with Gasteiger partial charge in [0.2, 0.25) is 0 Å². The van der Waals surface area contributed by atoms with Gasteiger partial charge in [-0.3, -0.25) is 4.79 Å². The standard InChI is InChI=1S/C24H26ClN5O3S/c1-33-21-13-16(7-12-20(21)31)14-26-27-22(32)15-34-24-29-28-23(17-8-10-18(25)11-9-17)30(24)19-5-3-2-4-6-19/h7-14,19H,2-6,15H2,1H3,(H2,26,27,31,32)/p+1. The third kappa shape index (κ3) is 5.90. The van der Waals surface area contributed by atoms with Crippen LogP contribution in [-0.4, -0.2) is 40.3 Å². The molecule has 8 nitrogen and oxygen atoms in total. The summed E-state index contributed by atoms with van der Waals surface area (Å²) in [4.78, 5) is 12.4. The van der Waals surface area contributed by atoms with E-state index in [1.165, 1.54) is 50.4 Å². The second-order valence-electron chi connectivity index (χ2n) is 8.04. The highest BCUT2D eigenvalue weighted by molar-refractivity contribution is 7.99. The number of amides is 1. The first-order valence-corrected chi connectivity index (χ1v) is 12.5. The molecule has 0 spiro atoms. The minimum atomic E-state index is -0.238. The van der Waals surface area contributed by atoms with Gasteiger partial charge in [0, 0.05) is 5.02 Å². The zero-order valence-electron chi connectivity index (χ0n) is 18.8. The number of rotatable bonds is 8. The molecule has 4 rings (SSSR count). The van der Waals surface area contributed by atoms with Crippen molar-refractivity contribution in [2.45, 2.75) is 43.3 Å². The predicted molar refractivity (Wildman–Crippen MR) is 132 cm³/mol. The van der Waals surface area contributed by atoms with E-state index < -0.39 is 0 Å². The van der Waals surface area contributed by atoms with E-state index in [0.717, 1.165) is 29.4 Å². The van der Waals surface area contributed by atoms with E-state index in [4.69, 9.17) is 16.3 Å². The van der Waals surface area contributed by atoms with Crippen molar-refractivity contribution in [2.75, 3.05) is 12.9 Å². The zero-order chi connectivity index (χ0) is 23.9. The lowest BCUT2D eigenvalue weighted by atomic mass is 9.95. The largest absolute Gasteiger partial charge is 0.504 e. The summed E-state index contributed by atoms with van der Waals surface area (Å²) in [6.07, 6.45) is 7.30. The number of thioether (sulfide) groups is 1. The van der Waals surface area contributed by atoms with Gasteiger partial charge in [-0.15, -0.1) is 5.10 Å². The van der Waals surface area contributed by atoms with E-state index in [1.807, 2.05) is 24.3 Å². The van der Waals surface area contributed by atoms with Gasteiger partial charge in [-0.25, -0.2) is 9.99 Å². The number of aromatic nitrogens is 3. The van der Waals surface area contributed by atoms with E-state index in [1.54, 1.807) is 12.1 Å². The molecule has 1 heterocycles. The van der Waals surface area contributed by atoms with Gasteiger partial charge < -0.3 is 9.84 Å². The van der Waals surface area contributed by atoms with Crippen LogP contribution in [0.25, 0.3) is 11.4 Å². The molecule has 3 N–H and O–H groups in total. The number of aromatic amines is 1. The molecule has 10 heteroatoms. The number of phenols is 1.